The number of benzene rings is 2. The minimum absolute atomic E-state index is 0.00741. The van der Waals surface area contributed by atoms with Gasteiger partial charge in [0.1, 0.15) is 0 Å². The second kappa shape index (κ2) is 5.36. The van der Waals surface area contributed by atoms with Gasteiger partial charge in [-0.1, -0.05) is 24.3 Å². The van der Waals surface area contributed by atoms with E-state index in [2.05, 4.69) is 0 Å². The van der Waals surface area contributed by atoms with Gasteiger partial charge in [0.25, 0.3) is 0 Å². The smallest absolute Gasteiger partial charge is 0.168 e. The molecule has 0 aliphatic carbocycles. The summed E-state index contributed by atoms with van der Waals surface area (Å²) in [5.74, 6) is -1.09. The molecule has 2 aromatic carbocycles. The number of ether oxygens (including phenoxy) is 1. The number of hydrogen-bond acceptors (Lipinski definition) is 2. The summed E-state index contributed by atoms with van der Waals surface area (Å²) in [6, 6.07) is 8.80. The van der Waals surface area contributed by atoms with Crippen LogP contribution in [-0.2, 0) is 0 Å². The predicted octanol–water partition coefficient (Wildman–Crippen LogP) is 4.09. The van der Waals surface area contributed by atoms with Gasteiger partial charge in [-0.3, -0.25) is 0 Å². The van der Waals surface area contributed by atoms with Crippen LogP contribution in [0.5, 0.6) is 11.5 Å². The van der Waals surface area contributed by atoms with E-state index in [1.807, 2.05) is 0 Å². The third-order valence-electron chi connectivity index (χ3n) is 2.86. The fourth-order valence-corrected chi connectivity index (χ4v) is 1.80. The maximum atomic E-state index is 13.9. The second-order valence-electron chi connectivity index (χ2n) is 4.44. The molecule has 0 radical (unpaired) electrons. The summed E-state index contributed by atoms with van der Waals surface area (Å²) in [4.78, 5) is 0. The molecule has 0 heterocycles. The van der Waals surface area contributed by atoms with Gasteiger partial charge in [-0.15, -0.1) is 0 Å². The lowest BCUT2D eigenvalue weighted by Crippen LogP contribution is -2.08. The van der Waals surface area contributed by atoms with Crippen molar-refractivity contribution in [1.82, 2.24) is 0 Å². The Labute approximate surface area is 110 Å². The van der Waals surface area contributed by atoms with Gasteiger partial charge in [-0.25, -0.2) is 8.78 Å². The molecule has 2 aromatic rings. The van der Waals surface area contributed by atoms with Crippen LogP contribution < -0.4 is 10.5 Å². The molecule has 0 fully saturated rings. The molecule has 4 heteroatoms. The molecule has 2 nitrogen and oxygen atoms in total. The zero-order valence-corrected chi connectivity index (χ0v) is 10.8. The molecule has 0 saturated heterocycles. The van der Waals surface area contributed by atoms with Crippen LogP contribution in [0.3, 0.4) is 0 Å². The first-order valence-electron chi connectivity index (χ1n) is 5.97. The van der Waals surface area contributed by atoms with Crippen molar-refractivity contribution in [3.63, 3.8) is 0 Å². The quantitative estimate of drug-likeness (QED) is 0.905. The second-order valence-corrected chi connectivity index (χ2v) is 4.44. The van der Waals surface area contributed by atoms with Gasteiger partial charge >= 0.3 is 0 Å². The van der Waals surface area contributed by atoms with Gasteiger partial charge < -0.3 is 10.5 Å². The Hall–Kier alpha value is -1.94. The number of nitrogens with two attached hydrogens (primary N) is 1. The molecule has 0 aliphatic rings. The summed E-state index contributed by atoms with van der Waals surface area (Å²) in [6.07, 6.45) is 0. The Morgan fingerprint density at radius 1 is 1.11 bits per heavy atom. The Morgan fingerprint density at radius 3 is 2.47 bits per heavy atom. The highest BCUT2D eigenvalue weighted by Gasteiger charge is 2.16. The van der Waals surface area contributed by atoms with Gasteiger partial charge in [0, 0.05) is 11.6 Å². The summed E-state index contributed by atoms with van der Waals surface area (Å²) in [5, 5.41) is 0. The van der Waals surface area contributed by atoms with E-state index in [0.29, 0.717) is 11.1 Å². The van der Waals surface area contributed by atoms with E-state index < -0.39 is 17.7 Å². The molecule has 0 aliphatic heterocycles. The monoisotopic (exact) mass is 263 g/mol. The van der Waals surface area contributed by atoms with Gasteiger partial charge in [0.15, 0.2) is 23.1 Å². The molecule has 0 bridgehead atoms. The summed E-state index contributed by atoms with van der Waals surface area (Å²) < 4.78 is 33.1. The highest BCUT2D eigenvalue weighted by atomic mass is 19.1. The van der Waals surface area contributed by atoms with Crippen LogP contribution in [0, 0.1) is 18.6 Å². The van der Waals surface area contributed by atoms with E-state index in [-0.39, 0.29) is 11.5 Å². The molecule has 2 rings (SSSR count). The van der Waals surface area contributed by atoms with E-state index in [1.165, 1.54) is 12.1 Å². The lowest BCUT2D eigenvalue weighted by atomic mass is 10.1. The Kier molecular flexibility index (Phi) is 3.81. The Morgan fingerprint density at radius 2 is 1.79 bits per heavy atom. The van der Waals surface area contributed by atoms with Crippen molar-refractivity contribution in [3.05, 3.63) is 59.2 Å². The lowest BCUT2D eigenvalue weighted by molar-refractivity contribution is 0.406. The number of aryl methyl sites for hydroxylation is 1. The third-order valence-corrected chi connectivity index (χ3v) is 2.86. The van der Waals surface area contributed by atoms with Crippen LogP contribution in [0.1, 0.15) is 24.1 Å². The fraction of sp³-hybridized carbons (Fsp3) is 0.200. The van der Waals surface area contributed by atoms with Crippen LogP contribution in [0.4, 0.5) is 8.78 Å². The molecule has 100 valence electrons. The van der Waals surface area contributed by atoms with E-state index >= 15 is 0 Å². The third kappa shape index (κ3) is 2.74. The van der Waals surface area contributed by atoms with Crippen LogP contribution in [0.15, 0.2) is 36.4 Å². The van der Waals surface area contributed by atoms with E-state index in [4.69, 9.17) is 10.5 Å². The zero-order chi connectivity index (χ0) is 14.0. The van der Waals surface area contributed by atoms with Crippen LogP contribution in [0.2, 0.25) is 0 Å². The van der Waals surface area contributed by atoms with Crippen molar-refractivity contribution in [2.24, 2.45) is 5.73 Å². The fourth-order valence-electron chi connectivity index (χ4n) is 1.80. The lowest BCUT2D eigenvalue weighted by Gasteiger charge is -2.15. The van der Waals surface area contributed by atoms with Crippen molar-refractivity contribution >= 4 is 0 Å². The van der Waals surface area contributed by atoms with Gasteiger partial charge in [0.2, 0.25) is 0 Å². The highest BCUT2D eigenvalue weighted by molar-refractivity contribution is 5.42. The van der Waals surface area contributed by atoms with Crippen LogP contribution in [-0.4, -0.2) is 0 Å². The van der Waals surface area contributed by atoms with Crippen molar-refractivity contribution in [2.75, 3.05) is 0 Å². The van der Waals surface area contributed by atoms with Gasteiger partial charge in [0.05, 0.1) is 0 Å². The van der Waals surface area contributed by atoms with Crippen LogP contribution in [0.25, 0.3) is 0 Å². The first-order chi connectivity index (χ1) is 9.00. The summed E-state index contributed by atoms with van der Waals surface area (Å²) in [6.45, 7) is 3.34. The highest BCUT2D eigenvalue weighted by Crippen LogP contribution is 2.33. The minimum atomic E-state index is -0.560. The minimum Gasteiger partial charge on any atom is -0.451 e. The Bertz CT molecular complexity index is 597. The van der Waals surface area contributed by atoms with Crippen molar-refractivity contribution in [1.29, 1.82) is 0 Å². The zero-order valence-electron chi connectivity index (χ0n) is 10.8. The molecule has 19 heavy (non-hydrogen) atoms. The molecule has 1 unspecified atom stereocenters. The predicted molar refractivity (Wildman–Crippen MR) is 70.2 cm³/mol. The van der Waals surface area contributed by atoms with Crippen LogP contribution >= 0.6 is 0 Å². The summed E-state index contributed by atoms with van der Waals surface area (Å²) in [5.41, 5.74) is 6.71. The molecule has 0 aromatic heterocycles. The van der Waals surface area contributed by atoms with Crippen molar-refractivity contribution in [2.45, 2.75) is 19.9 Å². The first-order valence-corrected chi connectivity index (χ1v) is 5.97. The SMILES string of the molecule is Cc1cccc(Oc2c(F)cccc2C(C)N)c1F. The largest absolute Gasteiger partial charge is 0.451 e. The average molecular weight is 263 g/mol. The molecule has 1 atom stereocenters. The van der Waals surface area contributed by atoms with Gasteiger partial charge in [-0.05, 0) is 31.5 Å². The average Bonchev–Trinajstić information content (AvgIpc) is 2.36. The molecule has 0 amide bonds. The van der Waals surface area contributed by atoms with E-state index in [1.54, 1.807) is 38.1 Å². The molecular formula is C15H15F2NO. The molecule has 0 saturated carbocycles. The normalized spacial score (nSPS) is 12.3. The first kappa shape index (κ1) is 13.5. The van der Waals surface area contributed by atoms with E-state index in [9.17, 15) is 8.78 Å². The molecular weight excluding hydrogens is 248 g/mol. The maximum Gasteiger partial charge on any atom is 0.168 e. The maximum absolute atomic E-state index is 13.9. The number of rotatable bonds is 3. The summed E-state index contributed by atoms with van der Waals surface area (Å²) in [7, 11) is 0. The number of halogens is 2. The van der Waals surface area contributed by atoms with Crippen molar-refractivity contribution in [3.8, 4) is 11.5 Å². The number of hydrogen-bond donors (Lipinski definition) is 1. The topological polar surface area (TPSA) is 35.2 Å². The van der Waals surface area contributed by atoms with Crippen molar-refractivity contribution < 1.29 is 13.5 Å². The molecule has 0 spiro atoms. The Balaban J connectivity index is 2.46. The summed E-state index contributed by atoms with van der Waals surface area (Å²) >= 11 is 0. The van der Waals surface area contributed by atoms with E-state index in [0.717, 1.165) is 0 Å². The standard InChI is InChI=1S/C15H15F2NO/c1-9-5-3-8-13(14(9)17)19-15-11(10(2)18)6-4-7-12(15)16/h3-8,10H,18H2,1-2H3. The number of para-hydroxylation sites is 1. The van der Waals surface area contributed by atoms with Gasteiger partial charge in [-0.2, -0.15) is 0 Å². The molecule has 2 N–H and O–H groups in total.